The minimum absolute atomic E-state index is 0.155. The Hall–Kier alpha value is -2.36. The van der Waals surface area contributed by atoms with Crippen molar-refractivity contribution in [2.45, 2.75) is 39.2 Å². The van der Waals surface area contributed by atoms with Gasteiger partial charge in [0.2, 0.25) is 0 Å². The first kappa shape index (κ1) is 16.1. The van der Waals surface area contributed by atoms with E-state index in [0.29, 0.717) is 11.0 Å². The molecule has 1 saturated heterocycles. The zero-order chi connectivity index (χ0) is 17.4. The third-order valence-electron chi connectivity index (χ3n) is 5.26. The Kier molecular flexibility index (Phi) is 3.98. The van der Waals surface area contributed by atoms with Gasteiger partial charge in [0.25, 0.3) is 0 Å². The third-order valence-corrected chi connectivity index (χ3v) is 5.26. The summed E-state index contributed by atoms with van der Waals surface area (Å²) in [7, 11) is 0. The van der Waals surface area contributed by atoms with E-state index in [2.05, 4.69) is 9.88 Å². The molecule has 1 saturated carbocycles. The average molecular weight is 336 g/mol. The minimum atomic E-state index is -0.284. The van der Waals surface area contributed by atoms with E-state index in [9.17, 15) is 4.79 Å². The molecule has 1 aliphatic heterocycles. The fourth-order valence-electron chi connectivity index (χ4n) is 3.72. The molecule has 4 nitrogen and oxygen atoms in total. The molecule has 1 spiro atoms. The fraction of sp³-hybridized carbons (Fsp3) is 0.429. The van der Waals surface area contributed by atoms with E-state index in [0.717, 1.165) is 30.0 Å². The van der Waals surface area contributed by atoms with Crippen LogP contribution in [-0.4, -0.2) is 30.1 Å². The van der Waals surface area contributed by atoms with Crippen LogP contribution in [0.4, 0.5) is 5.82 Å². The molecule has 4 heteroatoms. The van der Waals surface area contributed by atoms with Crippen molar-refractivity contribution in [3.8, 4) is 11.1 Å². The number of hydrogen-bond acceptors (Lipinski definition) is 4. The van der Waals surface area contributed by atoms with Gasteiger partial charge in [-0.05, 0) is 50.2 Å². The lowest BCUT2D eigenvalue weighted by atomic mass is 10.0. The summed E-state index contributed by atoms with van der Waals surface area (Å²) in [5, 5.41) is 0. The molecule has 0 bridgehead atoms. The van der Waals surface area contributed by atoms with Gasteiger partial charge < -0.3 is 9.64 Å². The van der Waals surface area contributed by atoms with Crippen molar-refractivity contribution in [1.82, 2.24) is 4.98 Å². The summed E-state index contributed by atoms with van der Waals surface area (Å²) in [6.45, 7) is 5.73. The summed E-state index contributed by atoms with van der Waals surface area (Å²) in [6, 6.07) is 11.9. The van der Waals surface area contributed by atoms with Gasteiger partial charge in [-0.1, -0.05) is 30.3 Å². The molecule has 2 aliphatic rings. The molecule has 2 heterocycles. The van der Waals surface area contributed by atoms with Crippen molar-refractivity contribution in [3.05, 3.63) is 48.2 Å². The van der Waals surface area contributed by atoms with Gasteiger partial charge in [0.15, 0.2) is 0 Å². The summed E-state index contributed by atoms with van der Waals surface area (Å²) < 4.78 is 5.56. The Morgan fingerprint density at radius 1 is 1.16 bits per heavy atom. The molecule has 0 radical (unpaired) electrons. The molecule has 0 N–H and O–H groups in total. The monoisotopic (exact) mass is 336 g/mol. The van der Waals surface area contributed by atoms with Crippen molar-refractivity contribution in [2.24, 2.45) is 5.41 Å². The van der Waals surface area contributed by atoms with Gasteiger partial charge in [-0.15, -0.1) is 0 Å². The fourth-order valence-corrected chi connectivity index (χ4v) is 3.72. The molecule has 2 fully saturated rings. The van der Waals surface area contributed by atoms with Crippen molar-refractivity contribution < 1.29 is 9.53 Å². The number of rotatable bonds is 4. The zero-order valence-corrected chi connectivity index (χ0v) is 14.9. The number of carbonyl (C=O) groups excluding carboxylic acids is 1. The van der Waals surface area contributed by atoms with Gasteiger partial charge in [-0.25, -0.2) is 9.78 Å². The lowest BCUT2D eigenvalue weighted by Crippen LogP contribution is -2.25. The molecule has 4 rings (SSSR count). The lowest BCUT2D eigenvalue weighted by Gasteiger charge is -2.22. The lowest BCUT2D eigenvalue weighted by molar-refractivity contribution is 0.0379. The van der Waals surface area contributed by atoms with Crippen LogP contribution in [0.25, 0.3) is 11.1 Å². The van der Waals surface area contributed by atoms with Crippen LogP contribution in [0.15, 0.2) is 42.6 Å². The first-order valence-electron chi connectivity index (χ1n) is 9.08. The van der Waals surface area contributed by atoms with E-state index in [-0.39, 0.29) is 12.1 Å². The molecule has 25 heavy (non-hydrogen) atoms. The second-order valence-corrected chi connectivity index (χ2v) is 7.55. The topological polar surface area (TPSA) is 42.4 Å². The molecule has 0 amide bonds. The standard InChI is InChI=1S/C21H24N2O2/c1-15(2)25-20(24)18-17(16-6-4-3-5-7-16)8-12-22-19(18)23-13-11-21(14-23)9-10-21/h3-8,12,15H,9-11,13-14H2,1-2H3. The summed E-state index contributed by atoms with van der Waals surface area (Å²) in [5.74, 6) is 0.490. The average Bonchev–Trinajstić information content (AvgIpc) is 3.23. The third kappa shape index (κ3) is 3.13. The number of anilines is 1. The number of ether oxygens (including phenoxy) is 1. The maximum absolute atomic E-state index is 12.9. The highest BCUT2D eigenvalue weighted by Gasteiger charge is 2.48. The number of pyridine rings is 1. The Balaban J connectivity index is 1.79. The highest BCUT2D eigenvalue weighted by Crippen LogP contribution is 2.53. The van der Waals surface area contributed by atoms with Crippen LogP contribution >= 0.6 is 0 Å². The summed E-state index contributed by atoms with van der Waals surface area (Å²) >= 11 is 0. The van der Waals surface area contributed by atoms with Crippen LogP contribution in [0.2, 0.25) is 0 Å². The maximum atomic E-state index is 12.9. The Bertz CT molecular complexity index is 782. The van der Waals surface area contributed by atoms with E-state index in [1.54, 1.807) is 0 Å². The molecule has 2 aromatic rings. The minimum Gasteiger partial charge on any atom is -0.459 e. The molecule has 1 aliphatic carbocycles. The van der Waals surface area contributed by atoms with E-state index in [1.807, 2.05) is 56.4 Å². The molecule has 1 aromatic heterocycles. The van der Waals surface area contributed by atoms with Gasteiger partial charge >= 0.3 is 5.97 Å². The normalized spacial score (nSPS) is 18.0. The first-order valence-corrected chi connectivity index (χ1v) is 9.08. The van der Waals surface area contributed by atoms with Crippen LogP contribution < -0.4 is 4.90 Å². The van der Waals surface area contributed by atoms with Crippen LogP contribution in [0.3, 0.4) is 0 Å². The van der Waals surface area contributed by atoms with E-state index in [4.69, 9.17) is 4.74 Å². The van der Waals surface area contributed by atoms with Gasteiger partial charge in [-0.2, -0.15) is 0 Å². The van der Waals surface area contributed by atoms with E-state index in [1.165, 1.54) is 19.3 Å². The Labute approximate surface area is 148 Å². The van der Waals surface area contributed by atoms with Crippen molar-refractivity contribution in [2.75, 3.05) is 18.0 Å². The molecular weight excluding hydrogens is 312 g/mol. The number of carbonyl (C=O) groups is 1. The van der Waals surface area contributed by atoms with E-state index >= 15 is 0 Å². The largest absolute Gasteiger partial charge is 0.459 e. The van der Waals surface area contributed by atoms with Crippen molar-refractivity contribution >= 4 is 11.8 Å². The van der Waals surface area contributed by atoms with Gasteiger partial charge in [0.05, 0.1) is 6.10 Å². The van der Waals surface area contributed by atoms with Crippen molar-refractivity contribution in [1.29, 1.82) is 0 Å². The predicted octanol–water partition coefficient (Wildman–Crippen LogP) is 4.30. The Morgan fingerprint density at radius 3 is 2.56 bits per heavy atom. The van der Waals surface area contributed by atoms with Gasteiger partial charge in [0.1, 0.15) is 11.4 Å². The first-order chi connectivity index (χ1) is 12.1. The van der Waals surface area contributed by atoms with Crippen LogP contribution in [0, 0.1) is 5.41 Å². The number of esters is 1. The van der Waals surface area contributed by atoms with Crippen molar-refractivity contribution in [3.63, 3.8) is 0 Å². The van der Waals surface area contributed by atoms with E-state index < -0.39 is 0 Å². The molecular formula is C21H24N2O2. The molecule has 1 aromatic carbocycles. The highest BCUT2D eigenvalue weighted by atomic mass is 16.5. The smallest absolute Gasteiger partial charge is 0.342 e. The molecule has 0 unspecified atom stereocenters. The summed E-state index contributed by atoms with van der Waals surface area (Å²) in [5.41, 5.74) is 2.99. The maximum Gasteiger partial charge on any atom is 0.342 e. The van der Waals surface area contributed by atoms with Gasteiger partial charge in [0, 0.05) is 24.8 Å². The number of nitrogens with zero attached hydrogens (tertiary/aromatic N) is 2. The second kappa shape index (κ2) is 6.17. The number of aromatic nitrogens is 1. The highest BCUT2D eigenvalue weighted by molar-refractivity contribution is 6.02. The quantitative estimate of drug-likeness (QED) is 0.781. The number of hydrogen-bond donors (Lipinski definition) is 0. The van der Waals surface area contributed by atoms with Crippen LogP contribution in [0.1, 0.15) is 43.5 Å². The zero-order valence-electron chi connectivity index (χ0n) is 14.9. The predicted molar refractivity (Wildman–Crippen MR) is 98.7 cm³/mol. The van der Waals surface area contributed by atoms with Gasteiger partial charge in [-0.3, -0.25) is 0 Å². The molecule has 0 atom stereocenters. The molecule has 130 valence electrons. The summed E-state index contributed by atoms with van der Waals surface area (Å²) in [6.07, 6.45) is 5.45. The van der Waals surface area contributed by atoms with Crippen LogP contribution in [-0.2, 0) is 4.74 Å². The Morgan fingerprint density at radius 2 is 1.92 bits per heavy atom. The number of benzene rings is 1. The van der Waals surface area contributed by atoms with Crippen LogP contribution in [0.5, 0.6) is 0 Å². The SMILES string of the molecule is CC(C)OC(=O)c1c(-c2ccccc2)ccnc1N1CCC2(CC2)C1. The summed E-state index contributed by atoms with van der Waals surface area (Å²) in [4.78, 5) is 19.8. The second-order valence-electron chi connectivity index (χ2n) is 7.55.